The lowest BCUT2D eigenvalue weighted by molar-refractivity contribution is 0.102. The predicted molar refractivity (Wildman–Crippen MR) is 77.7 cm³/mol. The summed E-state index contributed by atoms with van der Waals surface area (Å²) >= 11 is 0. The average molecular weight is 255 g/mol. The first-order chi connectivity index (χ1) is 9.10. The zero-order valence-electron chi connectivity index (χ0n) is 11.3. The molecular weight excluding hydrogens is 238 g/mol. The van der Waals surface area contributed by atoms with Crippen LogP contribution in [0.15, 0.2) is 36.4 Å². The van der Waals surface area contributed by atoms with Gasteiger partial charge >= 0.3 is 0 Å². The largest absolute Gasteiger partial charge is 0.387 e. The summed E-state index contributed by atoms with van der Waals surface area (Å²) in [5, 5.41) is 5.83. The van der Waals surface area contributed by atoms with Gasteiger partial charge in [-0.2, -0.15) is 0 Å². The molecule has 0 fully saturated rings. The molecule has 0 aliphatic heterocycles. The first-order valence-corrected chi connectivity index (χ1v) is 6.13. The minimum absolute atomic E-state index is 0.161. The summed E-state index contributed by atoms with van der Waals surface area (Å²) in [5.41, 5.74) is 3.33. The van der Waals surface area contributed by atoms with Crippen LogP contribution in [-0.2, 0) is 0 Å². The van der Waals surface area contributed by atoms with E-state index < -0.39 is 0 Å². The van der Waals surface area contributed by atoms with Crippen molar-refractivity contribution in [3.63, 3.8) is 0 Å². The Labute approximate surface area is 112 Å². The number of anilines is 2. The first-order valence-electron chi connectivity index (χ1n) is 6.13. The molecule has 0 saturated heterocycles. The summed E-state index contributed by atoms with van der Waals surface area (Å²) in [6.07, 6.45) is 0. The van der Waals surface area contributed by atoms with E-state index >= 15 is 0 Å². The molecule has 0 spiro atoms. The number of pyridine rings is 1. The van der Waals surface area contributed by atoms with E-state index in [9.17, 15) is 4.79 Å². The monoisotopic (exact) mass is 255 g/mol. The van der Waals surface area contributed by atoms with Crippen molar-refractivity contribution >= 4 is 17.4 Å². The Morgan fingerprint density at radius 1 is 1.16 bits per heavy atom. The molecule has 19 heavy (non-hydrogen) atoms. The summed E-state index contributed by atoms with van der Waals surface area (Å²) in [5.74, 6) is 0.403. The highest BCUT2D eigenvalue weighted by Crippen LogP contribution is 2.18. The number of carbonyl (C=O) groups is 1. The summed E-state index contributed by atoms with van der Waals surface area (Å²) in [6, 6.07) is 11.3. The highest BCUT2D eigenvalue weighted by Gasteiger charge is 2.11. The molecule has 2 N–H and O–H groups in total. The molecule has 1 heterocycles. The minimum atomic E-state index is -0.161. The van der Waals surface area contributed by atoms with Crippen molar-refractivity contribution < 1.29 is 4.79 Å². The van der Waals surface area contributed by atoms with Crippen LogP contribution < -0.4 is 10.6 Å². The van der Waals surface area contributed by atoms with Crippen molar-refractivity contribution in [2.45, 2.75) is 13.8 Å². The Bertz CT molecular complexity index is 608. The second-order valence-corrected chi connectivity index (χ2v) is 4.42. The molecule has 0 aliphatic rings. The minimum Gasteiger partial charge on any atom is -0.387 e. The fraction of sp³-hybridized carbons (Fsp3) is 0.200. The lowest BCUT2D eigenvalue weighted by Gasteiger charge is -2.10. The molecule has 0 atom stereocenters. The molecule has 1 aromatic carbocycles. The van der Waals surface area contributed by atoms with E-state index in [-0.39, 0.29) is 5.91 Å². The highest BCUT2D eigenvalue weighted by molar-refractivity contribution is 6.07. The summed E-state index contributed by atoms with van der Waals surface area (Å²) in [6.45, 7) is 3.85. The van der Waals surface area contributed by atoms with E-state index in [4.69, 9.17) is 0 Å². The fourth-order valence-corrected chi connectivity index (χ4v) is 1.86. The van der Waals surface area contributed by atoms with E-state index in [0.717, 1.165) is 16.9 Å². The Morgan fingerprint density at radius 2 is 1.95 bits per heavy atom. The van der Waals surface area contributed by atoms with Gasteiger partial charge in [-0.1, -0.05) is 17.7 Å². The number of aromatic nitrogens is 1. The van der Waals surface area contributed by atoms with Crippen molar-refractivity contribution in [2.75, 3.05) is 17.7 Å². The van der Waals surface area contributed by atoms with Crippen LogP contribution in [-0.4, -0.2) is 17.9 Å². The molecular formula is C15H17N3O. The van der Waals surface area contributed by atoms with Crippen LogP contribution in [0.2, 0.25) is 0 Å². The van der Waals surface area contributed by atoms with Gasteiger partial charge < -0.3 is 10.6 Å². The molecule has 0 bridgehead atoms. The third-order valence-corrected chi connectivity index (χ3v) is 2.82. The average Bonchev–Trinajstić information content (AvgIpc) is 2.38. The highest BCUT2D eigenvalue weighted by atomic mass is 16.1. The predicted octanol–water partition coefficient (Wildman–Crippen LogP) is 2.99. The normalized spacial score (nSPS) is 10.1. The molecule has 0 saturated carbocycles. The van der Waals surface area contributed by atoms with E-state index in [1.807, 2.05) is 44.2 Å². The van der Waals surface area contributed by atoms with Gasteiger partial charge in [-0.3, -0.25) is 4.79 Å². The summed E-state index contributed by atoms with van der Waals surface area (Å²) in [7, 11) is 1.80. The number of benzene rings is 1. The van der Waals surface area contributed by atoms with Gasteiger partial charge in [-0.15, -0.1) is 0 Å². The third kappa shape index (κ3) is 3.10. The second-order valence-electron chi connectivity index (χ2n) is 4.42. The molecule has 2 rings (SSSR count). The second kappa shape index (κ2) is 5.52. The Balaban J connectivity index is 2.27. The van der Waals surface area contributed by atoms with Gasteiger partial charge in [0.05, 0.1) is 5.56 Å². The van der Waals surface area contributed by atoms with Crippen LogP contribution in [0.3, 0.4) is 0 Å². The molecule has 0 unspecified atom stereocenters. The molecule has 0 radical (unpaired) electrons. The number of carbonyl (C=O) groups excluding carboxylic acids is 1. The molecule has 4 nitrogen and oxygen atoms in total. The SMILES string of the molecule is CNc1ccc(C)cc1C(=O)Nc1cccc(C)n1. The van der Waals surface area contributed by atoms with Crippen molar-refractivity contribution in [3.8, 4) is 0 Å². The molecule has 1 aromatic heterocycles. The molecule has 2 aromatic rings. The quantitative estimate of drug-likeness (QED) is 0.886. The summed E-state index contributed by atoms with van der Waals surface area (Å²) < 4.78 is 0. The van der Waals surface area contributed by atoms with Crippen LogP contribution in [0, 0.1) is 13.8 Å². The van der Waals surface area contributed by atoms with E-state index in [1.165, 1.54) is 0 Å². The lowest BCUT2D eigenvalue weighted by atomic mass is 10.1. The number of rotatable bonds is 3. The van der Waals surface area contributed by atoms with Gasteiger partial charge in [0, 0.05) is 18.4 Å². The molecule has 98 valence electrons. The lowest BCUT2D eigenvalue weighted by Crippen LogP contribution is -2.15. The standard InChI is InChI=1S/C15H17N3O/c1-10-7-8-13(16-3)12(9-10)15(19)18-14-6-4-5-11(2)17-14/h4-9,16H,1-3H3,(H,17,18,19). The van der Waals surface area contributed by atoms with Crippen molar-refractivity contribution in [2.24, 2.45) is 0 Å². The first kappa shape index (κ1) is 13.1. The maximum atomic E-state index is 12.3. The van der Waals surface area contributed by atoms with E-state index in [0.29, 0.717) is 11.4 Å². The zero-order valence-corrected chi connectivity index (χ0v) is 11.3. The van der Waals surface area contributed by atoms with Crippen molar-refractivity contribution in [1.29, 1.82) is 0 Å². The van der Waals surface area contributed by atoms with Gasteiger partial charge in [0.1, 0.15) is 5.82 Å². The van der Waals surface area contributed by atoms with Crippen LogP contribution in [0.1, 0.15) is 21.6 Å². The zero-order chi connectivity index (χ0) is 13.8. The molecule has 0 aliphatic carbocycles. The van der Waals surface area contributed by atoms with Crippen molar-refractivity contribution in [3.05, 3.63) is 53.2 Å². The number of amides is 1. The Morgan fingerprint density at radius 3 is 2.63 bits per heavy atom. The maximum absolute atomic E-state index is 12.3. The summed E-state index contributed by atoms with van der Waals surface area (Å²) in [4.78, 5) is 16.5. The van der Waals surface area contributed by atoms with Crippen LogP contribution in [0.4, 0.5) is 11.5 Å². The van der Waals surface area contributed by atoms with Crippen molar-refractivity contribution in [1.82, 2.24) is 4.98 Å². The molecule has 1 amide bonds. The Kier molecular flexibility index (Phi) is 3.80. The van der Waals surface area contributed by atoms with Gasteiger partial charge in [0.15, 0.2) is 0 Å². The number of nitrogens with zero attached hydrogens (tertiary/aromatic N) is 1. The van der Waals surface area contributed by atoms with Gasteiger partial charge in [0.2, 0.25) is 0 Å². The number of nitrogens with one attached hydrogen (secondary N) is 2. The topological polar surface area (TPSA) is 54.0 Å². The maximum Gasteiger partial charge on any atom is 0.258 e. The van der Waals surface area contributed by atoms with Gasteiger partial charge in [-0.05, 0) is 38.1 Å². The van der Waals surface area contributed by atoms with Gasteiger partial charge in [-0.25, -0.2) is 4.98 Å². The van der Waals surface area contributed by atoms with Gasteiger partial charge in [0.25, 0.3) is 5.91 Å². The van der Waals surface area contributed by atoms with E-state index in [2.05, 4.69) is 15.6 Å². The number of aryl methyl sites for hydroxylation is 2. The molecule has 4 heteroatoms. The Hall–Kier alpha value is -2.36. The smallest absolute Gasteiger partial charge is 0.258 e. The third-order valence-electron chi connectivity index (χ3n) is 2.82. The van der Waals surface area contributed by atoms with Crippen LogP contribution in [0.5, 0.6) is 0 Å². The number of hydrogen-bond acceptors (Lipinski definition) is 3. The van der Waals surface area contributed by atoms with E-state index in [1.54, 1.807) is 13.1 Å². The van der Waals surface area contributed by atoms with Crippen LogP contribution in [0.25, 0.3) is 0 Å². The van der Waals surface area contributed by atoms with Crippen LogP contribution >= 0.6 is 0 Å². The number of hydrogen-bond donors (Lipinski definition) is 2. The fourth-order valence-electron chi connectivity index (χ4n) is 1.86.